The van der Waals surface area contributed by atoms with Crippen molar-refractivity contribution in [3.63, 3.8) is 0 Å². The molecule has 1 aromatic carbocycles. The summed E-state index contributed by atoms with van der Waals surface area (Å²) in [6.07, 6.45) is 2.20. The van der Waals surface area contributed by atoms with Gasteiger partial charge in [-0.05, 0) is 58.9 Å². The van der Waals surface area contributed by atoms with Crippen LogP contribution in [0, 0.1) is 0 Å². The van der Waals surface area contributed by atoms with Crippen LogP contribution in [-0.2, 0) is 4.74 Å². The monoisotopic (exact) mass is 277 g/mol. The average molecular weight is 277 g/mol. The fraction of sp³-hybridized carbons (Fsp3) is 0.667. The minimum absolute atomic E-state index is 0.0469. The molecule has 0 saturated carbocycles. The zero-order chi connectivity index (χ0) is 15.2. The molecule has 0 fully saturated rings. The van der Waals surface area contributed by atoms with Crippen LogP contribution in [0.15, 0.2) is 30.3 Å². The molecule has 114 valence electrons. The first kappa shape index (κ1) is 17.2. The summed E-state index contributed by atoms with van der Waals surface area (Å²) in [5.41, 5.74) is 1.52. The normalized spacial score (nSPS) is 14.3. The second kappa shape index (κ2) is 7.24. The topological polar surface area (TPSA) is 21.3 Å². The van der Waals surface area contributed by atoms with Gasteiger partial charge < -0.3 is 10.1 Å². The predicted molar refractivity (Wildman–Crippen MR) is 87.3 cm³/mol. The molecule has 1 unspecified atom stereocenters. The lowest BCUT2D eigenvalue weighted by atomic mass is 9.89. The Balaban J connectivity index is 2.70. The van der Waals surface area contributed by atoms with Crippen molar-refractivity contribution in [2.24, 2.45) is 0 Å². The predicted octanol–water partition coefficient (Wildman–Crippen LogP) is 4.36. The largest absolute Gasteiger partial charge is 0.379 e. The van der Waals surface area contributed by atoms with E-state index in [1.54, 1.807) is 7.11 Å². The van der Waals surface area contributed by atoms with Crippen LogP contribution in [0.4, 0.5) is 0 Å². The summed E-state index contributed by atoms with van der Waals surface area (Å²) in [4.78, 5) is 0. The Morgan fingerprint density at radius 1 is 1.05 bits per heavy atom. The number of methoxy groups -OCH3 is 1. The maximum absolute atomic E-state index is 5.55. The molecule has 2 nitrogen and oxygen atoms in total. The van der Waals surface area contributed by atoms with E-state index < -0.39 is 0 Å². The van der Waals surface area contributed by atoms with Gasteiger partial charge in [-0.3, -0.25) is 0 Å². The molecule has 0 saturated heterocycles. The van der Waals surface area contributed by atoms with E-state index in [0.717, 1.165) is 19.4 Å². The van der Waals surface area contributed by atoms with Crippen molar-refractivity contribution >= 4 is 0 Å². The number of nitrogens with one attached hydrogen (secondary N) is 1. The summed E-state index contributed by atoms with van der Waals surface area (Å²) in [5, 5.41) is 3.63. The van der Waals surface area contributed by atoms with Crippen molar-refractivity contribution in [3.8, 4) is 0 Å². The van der Waals surface area contributed by atoms with E-state index in [2.05, 4.69) is 70.3 Å². The first-order chi connectivity index (χ1) is 9.23. The summed E-state index contributed by atoms with van der Waals surface area (Å²) in [5.74, 6) is 0.532. The van der Waals surface area contributed by atoms with Crippen LogP contribution in [0.5, 0.6) is 0 Å². The van der Waals surface area contributed by atoms with Gasteiger partial charge in [0.2, 0.25) is 0 Å². The fourth-order valence-electron chi connectivity index (χ4n) is 2.17. The Hall–Kier alpha value is -0.860. The van der Waals surface area contributed by atoms with Gasteiger partial charge in [-0.15, -0.1) is 0 Å². The molecule has 1 N–H and O–H groups in total. The maximum atomic E-state index is 5.55. The highest BCUT2D eigenvalue weighted by atomic mass is 16.5. The Morgan fingerprint density at radius 2 is 1.65 bits per heavy atom. The fourth-order valence-corrected chi connectivity index (χ4v) is 2.17. The number of ether oxygens (including phenoxy) is 1. The van der Waals surface area contributed by atoms with Gasteiger partial charge in [0, 0.05) is 19.2 Å². The zero-order valence-corrected chi connectivity index (χ0v) is 14.0. The van der Waals surface area contributed by atoms with Crippen LogP contribution in [0.3, 0.4) is 0 Å². The first-order valence-electron chi connectivity index (χ1n) is 7.59. The summed E-state index contributed by atoms with van der Waals surface area (Å²) in [6, 6.07) is 10.8. The second-order valence-corrected chi connectivity index (χ2v) is 7.24. The van der Waals surface area contributed by atoms with Gasteiger partial charge in [0.15, 0.2) is 0 Å². The molecule has 0 aliphatic heterocycles. The quantitative estimate of drug-likeness (QED) is 0.799. The molecule has 0 aromatic heterocycles. The van der Waals surface area contributed by atoms with Crippen LogP contribution in [-0.4, -0.2) is 24.8 Å². The molecule has 0 spiro atoms. The SMILES string of the molecule is COC(C)(C)CCC(CNC(C)(C)C)c1ccccc1. The Labute approximate surface area is 124 Å². The Kier molecular flexibility index (Phi) is 6.22. The highest BCUT2D eigenvalue weighted by molar-refractivity contribution is 5.20. The van der Waals surface area contributed by atoms with Gasteiger partial charge in [0.05, 0.1) is 5.60 Å². The minimum atomic E-state index is -0.0469. The molecule has 0 amide bonds. The third kappa shape index (κ3) is 6.53. The third-order valence-corrected chi connectivity index (χ3v) is 3.80. The summed E-state index contributed by atoms with van der Waals surface area (Å²) in [7, 11) is 1.80. The molecule has 1 rings (SSSR count). The van der Waals surface area contributed by atoms with Gasteiger partial charge >= 0.3 is 0 Å². The minimum Gasteiger partial charge on any atom is -0.379 e. The van der Waals surface area contributed by atoms with Gasteiger partial charge in [0.1, 0.15) is 0 Å². The van der Waals surface area contributed by atoms with Gasteiger partial charge in [0.25, 0.3) is 0 Å². The number of benzene rings is 1. The van der Waals surface area contributed by atoms with E-state index in [9.17, 15) is 0 Å². The zero-order valence-electron chi connectivity index (χ0n) is 14.0. The molecule has 0 bridgehead atoms. The van der Waals surface area contributed by atoms with Crippen molar-refractivity contribution < 1.29 is 4.74 Å². The van der Waals surface area contributed by atoms with E-state index in [1.807, 2.05) is 0 Å². The molecule has 1 aromatic rings. The number of hydrogen-bond donors (Lipinski definition) is 1. The standard InChI is InChI=1S/C18H31NO/c1-17(2,3)19-14-16(12-13-18(4,5)20-6)15-10-8-7-9-11-15/h7-11,16,19H,12-14H2,1-6H3. The lowest BCUT2D eigenvalue weighted by Gasteiger charge is -2.29. The van der Waals surface area contributed by atoms with E-state index in [1.165, 1.54) is 5.56 Å². The first-order valence-corrected chi connectivity index (χ1v) is 7.59. The van der Waals surface area contributed by atoms with Crippen molar-refractivity contribution in [1.82, 2.24) is 5.32 Å². The number of rotatable bonds is 7. The third-order valence-electron chi connectivity index (χ3n) is 3.80. The van der Waals surface area contributed by atoms with Crippen LogP contribution < -0.4 is 5.32 Å². The molecule has 2 heteroatoms. The average Bonchev–Trinajstić information content (AvgIpc) is 2.38. The van der Waals surface area contributed by atoms with Crippen LogP contribution >= 0.6 is 0 Å². The molecule has 1 atom stereocenters. The molecule has 0 heterocycles. The van der Waals surface area contributed by atoms with Crippen molar-refractivity contribution in [3.05, 3.63) is 35.9 Å². The van der Waals surface area contributed by atoms with Crippen molar-refractivity contribution in [1.29, 1.82) is 0 Å². The highest BCUT2D eigenvalue weighted by Crippen LogP contribution is 2.26. The highest BCUT2D eigenvalue weighted by Gasteiger charge is 2.21. The van der Waals surface area contributed by atoms with Crippen LogP contribution in [0.1, 0.15) is 58.9 Å². The molecule has 20 heavy (non-hydrogen) atoms. The van der Waals surface area contributed by atoms with E-state index >= 15 is 0 Å². The van der Waals surface area contributed by atoms with E-state index in [-0.39, 0.29) is 11.1 Å². The summed E-state index contributed by atoms with van der Waals surface area (Å²) >= 11 is 0. The lowest BCUT2D eigenvalue weighted by molar-refractivity contribution is 0.0123. The van der Waals surface area contributed by atoms with Gasteiger partial charge in [-0.25, -0.2) is 0 Å². The molecule has 0 aliphatic carbocycles. The van der Waals surface area contributed by atoms with Gasteiger partial charge in [-0.2, -0.15) is 0 Å². The molecule has 0 aliphatic rings. The van der Waals surface area contributed by atoms with Crippen molar-refractivity contribution in [2.75, 3.05) is 13.7 Å². The van der Waals surface area contributed by atoms with Crippen LogP contribution in [0.25, 0.3) is 0 Å². The van der Waals surface area contributed by atoms with Gasteiger partial charge in [-0.1, -0.05) is 30.3 Å². The maximum Gasteiger partial charge on any atom is 0.0623 e. The molecular formula is C18H31NO. The second-order valence-electron chi connectivity index (χ2n) is 7.24. The summed E-state index contributed by atoms with van der Waals surface area (Å²) < 4.78 is 5.55. The van der Waals surface area contributed by atoms with Crippen LogP contribution in [0.2, 0.25) is 0 Å². The molecule has 0 radical (unpaired) electrons. The Bertz CT molecular complexity index is 378. The smallest absolute Gasteiger partial charge is 0.0623 e. The van der Waals surface area contributed by atoms with Crippen molar-refractivity contribution in [2.45, 2.75) is 64.5 Å². The Morgan fingerprint density at radius 3 is 2.15 bits per heavy atom. The van der Waals surface area contributed by atoms with E-state index in [0.29, 0.717) is 5.92 Å². The number of hydrogen-bond acceptors (Lipinski definition) is 2. The molecular weight excluding hydrogens is 246 g/mol. The van der Waals surface area contributed by atoms with E-state index in [4.69, 9.17) is 4.74 Å². The summed E-state index contributed by atoms with van der Waals surface area (Å²) in [6.45, 7) is 12.0. The lowest BCUT2D eigenvalue weighted by Crippen LogP contribution is -2.39.